The first-order valence-corrected chi connectivity index (χ1v) is 4.87. The fourth-order valence-electron chi connectivity index (χ4n) is 2.24. The Bertz CT molecular complexity index is 328. The smallest absolute Gasteiger partial charge is 0.0405 e. The standard InChI is InChI=1S/C12H17N.CH4/c1-9-12(2,3)10-7-5-6-8-11(10)13(9)4;/h5-9H,1-4H3;1H4. The Morgan fingerprint density at radius 2 is 1.79 bits per heavy atom. The molecule has 1 aliphatic heterocycles. The van der Waals surface area contributed by atoms with Crippen LogP contribution in [0.4, 0.5) is 5.69 Å². The second-order valence-electron chi connectivity index (χ2n) is 4.53. The number of hydrogen-bond donors (Lipinski definition) is 0. The maximum absolute atomic E-state index is 2.37. The minimum absolute atomic E-state index is 0. The van der Waals surface area contributed by atoms with Crippen LogP contribution in [0, 0.1) is 0 Å². The Hall–Kier alpha value is -0.980. The van der Waals surface area contributed by atoms with Crippen molar-refractivity contribution in [2.75, 3.05) is 11.9 Å². The van der Waals surface area contributed by atoms with Gasteiger partial charge in [-0.05, 0) is 18.6 Å². The average Bonchev–Trinajstić information content (AvgIpc) is 2.30. The van der Waals surface area contributed by atoms with E-state index in [0.717, 1.165) is 0 Å². The molecule has 0 spiro atoms. The molecule has 0 amide bonds. The second kappa shape index (κ2) is 3.30. The van der Waals surface area contributed by atoms with Gasteiger partial charge in [-0.3, -0.25) is 0 Å². The van der Waals surface area contributed by atoms with Crippen molar-refractivity contribution in [3.8, 4) is 0 Å². The molecule has 14 heavy (non-hydrogen) atoms. The number of rotatable bonds is 0. The molecule has 0 fully saturated rings. The third kappa shape index (κ3) is 1.23. The average molecular weight is 191 g/mol. The first-order valence-electron chi connectivity index (χ1n) is 4.87. The van der Waals surface area contributed by atoms with Crippen LogP contribution >= 0.6 is 0 Å². The van der Waals surface area contributed by atoms with Crippen molar-refractivity contribution in [3.63, 3.8) is 0 Å². The lowest BCUT2D eigenvalue weighted by Crippen LogP contribution is -2.36. The van der Waals surface area contributed by atoms with Gasteiger partial charge in [0.1, 0.15) is 0 Å². The summed E-state index contributed by atoms with van der Waals surface area (Å²) in [4.78, 5) is 2.37. The van der Waals surface area contributed by atoms with Gasteiger partial charge in [-0.1, -0.05) is 39.5 Å². The van der Waals surface area contributed by atoms with E-state index in [1.807, 2.05) is 0 Å². The molecule has 78 valence electrons. The molecule has 0 N–H and O–H groups in total. The van der Waals surface area contributed by atoms with Crippen LogP contribution in [0.25, 0.3) is 0 Å². The predicted molar refractivity (Wildman–Crippen MR) is 64.1 cm³/mol. The number of hydrogen-bond acceptors (Lipinski definition) is 1. The lowest BCUT2D eigenvalue weighted by atomic mass is 9.81. The normalized spacial score (nSPS) is 22.9. The van der Waals surface area contributed by atoms with Crippen LogP contribution in [-0.4, -0.2) is 13.1 Å². The van der Waals surface area contributed by atoms with Crippen molar-refractivity contribution in [1.82, 2.24) is 0 Å². The summed E-state index contributed by atoms with van der Waals surface area (Å²) in [5, 5.41) is 0. The SMILES string of the molecule is C.CC1N(C)c2ccccc2C1(C)C. The van der Waals surface area contributed by atoms with Crippen LogP contribution < -0.4 is 4.90 Å². The zero-order valence-electron chi connectivity index (χ0n) is 8.83. The maximum atomic E-state index is 2.37. The van der Waals surface area contributed by atoms with Crippen molar-refractivity contribution in [1.29, 1.82) is 0 Å². The van der Waals surface area contributed by atoms with E-state index in [-0.39, 0.29) is 12.8 Å². The Balaban J connectivity index is 0.000000980. The van der Waals surface area contributed by atoms with Gasteiger partial charge in [0.2, 0.25) is 0 Å². The predicted octanol–water partition coefficient (Wildman–Crippen LogP) is 3.44. The zero-order valence-corrected chi connectivity index (χ0v) is 8.83. The van der Waals surface area contributed by atoms with E-state index in [2.05, 4.69) is 57.0 Å². The summed E-state index contributed by atoms with van der Waals surface area (Å²) < 4.78 is 0. The molecule has 1 aliphatic rings. The van der Waals surface area contributed by atoms with E-state index in [4.69, 9.17) is 0 Å². The molecule has 0 aliphatic carbocycles. The van der Waals surface area contributed by atoms with Crippen molar-refractivity contribution >= 4 is 5.69 Å². The molecule has 0 bridgehead atoms. The molecule has 0 saturated carbocycles. The molecular weight excluding hydrogens is 170 g/mol. The minimum Gasteiger partial charge on any atom is -0.371 e. The van der Waals surface area contributed by atoms with Crippen LogP contribution in [-0.2, 0) is 5.41 Å². The minimum atomic E-state index is 0. The van der Waals surface area contributed by atoms with Crippen LogP contribution in [0.2, 0.25) is 0 Å². The fourth-order valence-corrected chi connectivity index (χ4v) is 2.24. The van der Waals surface area contributed by atoms with Gasteiger partial charge in [-0.15, -0.1) is 0 Å². The monoisotopic (exact) mass is 191 g/mol. The summed E-state index contributed by atoms with van der Waals surface area (Å²) in [6, 6.07) is 9.29. The topological polar surface area (TPSA) is 3.24 Å². The van der Waals surface area contributed by atoms with Crippen LogP contribution in [0.3, 0.4) is 0 Å². The molecule has 1 atom stereocenters. The fraction of sp³-hybridized carbons (Fsp3) is 0.538. The summed E-state index contributed by atoms with van der Waals surface area (Å²) in [6.45, 7) is 6.93. The molecule has 1 aromatic rings. The summed E-state index contributed by atoms with van der Waals surface area (Å²) in [6.07, 6.45) is 0. The molecule has 1 heterocycles. The zero-order chi connectivity index (χ0) is 9.64. The van der Waals surface area contributed by atoms with Gasteiger partial charge in [0.25, 0.3) is 0 Å². The van der Waals surface area contributed by atoms with Crippen molar-refractivity contribution < 1.29 is 0 Å². The maximum Gasteiger partial charge on any atom is 0.0405 e. The lowest BCUT2D eigenvalue weighted by Gasteiger charge is -2.28. The molecule has 1 heteroatoms. The van der Waals surface area contributed by atoms with Crippen LogP contribution in [0.15, 0.2) is 24.3 Å². The van der Waals surface area contributed by atoms with Gasteiger partial charge in [0, 0.05) is 24.2 Å². The highest BCUT2D eigenvalue weighted by molar-refractivity contribution is 5.62. The van der Waals surface area contributed by atoms with Gasteiger partial charge >= 0.3 is 0 Å². The van der Waals surface area contributed by atoms with E-state index in [1.54, 1.807) is 0 Å². The first-order chi connectivity index (χ1) is 6.05. The summed E-state index contributed by atoms with van der Waals surface area (Å²) in [7, 11) is 2.18. The van der Waals surface area contributed by atoms with Gasteiger partial charge in [0.15, 0.2) is 0 Å². The molecule has 0 radical (unpaired) electrons. The van der Waals surface area contributed by atoms with E-state index >= 15 is 0 Å². The highest BCUT2D eigenvalue weighted by Gasteiger charge is 2.39. The molecule has 2 rings (SSSR count). The number of likely N-dealkylation sites (N-methyl/N-ethyl adjacent to an activating group) is 1. The van der Waals surface area contributed by atoms with Gasteiger partial charge in [0.05, 0.1) is 0 Å². The molecular formula is C13H21N. The summed E-state index contributed by atoms with van der Waals surface area (Å²) >= 11 is 0. The third-order valence-corrected chi connectivity index (χ3v) is 3.60. The van der Waals surface area contributed by atoms with E-state index < -0.39 is 0 Å². The van der Waals surface area contributed by atoms with Crippen LogP contribution in [0.5, 0.6) is 0 Å². The van der Waals surface area contributed by atoms with Gasteiger partial charge in [-0.2, -0.15) is 0 Å². The Morgan fingerprint density at radius 3 is 2.36 bits per heavy atom. The van der Waals surface area contributed by atoms with Gasteiger partial charge < -0.3 is 4.90 Å². The van der Waals surface area contributed by atoms with Crippen molar-refractivity contribution in [2.45, 2.75) is 39.7 Å². The van der Waals surface area contributed by atoms with Crippen molar-refractivity contribution in [2.24, 2.45) is 0 Å². The molecule has 0 aromatic heterocycles. The molecule has 1 unspecified atom stereocenters. The first kappa shape index (κ1) is 11.1. The quantitative estimate of drug-likeness (QED) is 0.607. The van der Waals surface area contributed by atoms with Gasteiger partial charge in [-0.25, -0.2) is 0 Å². The second-order valence-corrected chi connectivity index (χ2v) is 4.53. The highest BCUT2D eigenvalue weighted by atomic mass is 15.2. The van der Waals surface area contributed by atoms with E-state index in [0.29, 0.717) is 6.04 Å². The highest BCUT2D eigenvalue weighted by Crippen LogP contribution is 2.43. The molecule has 1 aromatic carbocycles. The lowest BCUT2D eigenvalue weighted by molar-refractivity contribution is 0.454. The summed E-state index contributed by atoms with van der Waals surface area (Å²) in [5.41, 5.74) is 3.15. The van der Waals surface area contributed by atoms with Crippen molar-refractivity contribution in [3.05, 3.63) is 29.8 Å². The Labute approximate surface area is 87.7 Å². The largest absolute Gasteiger partial charge is 0.371 e. The van der Waals surface area contributed by atoms with E-state index in [1.165, 1.54) is 11.3 Å². The third-order valence-electron chi connectivity index (χ3n) is 3.60. The Morgan fingerprint density at radius 1 is 1.21 bits per heavy atom. The summed E-state index contributed by atoms with van der Waals surface area (Å²) in [5.74, 6) is 0. The number of anilines is 1. The molecule has 0 saturated heterocycles. The van der Waals surface area contributed by atoms with Crippen LogP contribution in [0.1, 0.15) is 33.8 Å². The number of benzene rings is 1. The molecule has 1 nitrogen and oxygen atoms in total. The number of nitrogens with zero attached hydrogens (tertiary/aromatic N) is 1. The number of fused-ring (bicyclic) bond motifs is 1. The van der Waals surface area contributed by atoms with E-state index in [9.17, 15) is 0 Å². The Kier molecular flexibility index (Phi) is 2.62. The number of para-hydroxylation sites is 1.